The van der Waals surface area contributed by atoms with Crippen LogP contribution in [0.2, 0.25) is 0 Å². The third-order valence-electron chi connectivity index (χ3n) is 6.38. The number of hydrogen-bond donors (Lipinski definition) is 2. The summed E-state index contributed by atoms with van der Waals surface area (Å²) in [5.41, 5.74) is 3.21. The number of esters is 1. The molecule has 1 aromatic carbocycles. The minimum atomic E-state index is -0.560. The molecule has 6 rings (SSSR count). The van der Waals surface area contributed by atoms with Gasteiger partial charge < -0.3 is 14.8 Å². The number of ether oxygens (including phenoxy) is 1. The predicted molar refractivity (Wildman–Crippen MR) is 111 cm³/mol. The molecule has 2 N–H and O–H groups in total. The molecule has 1 spiro atoms. The molecule has 0 amide bonds. The maximum atomic E-state index is 12.3. The van der Waals surface area contributed by atoms with Gasteiger partial charge in [0, 0.05) is 29.4 Å². The SMILES string of the molecule is O=C1O[C@]2(CC[C@H](c3nc4nc(-c5ccc(O)cc5)ncc4[nH]3)CC2)c2cnccc21. The van der Waals surface area contributed by atoms with Crippen LogP contribution in [0.5, 0.6) is 5.75 Å². The number of fused-ring (bicyclic) bond motifs is 3. The maximum absolute atomic E-state index is 12.3. The highest BCUT2D eigenvalue weighted by molar-refractivity contribution is 5.94. The largest absolute Gasteiger partial charge is 0.508 e. The third kappa shape index (κ3) is 2.86. The van der Waals surface area contributed by atoms with Gasteiger partial charge in [0.05, 0.1) is 11.8 Å². The predicted octanol–water partition coefficient (Wildman–Crippen LogP) is 3.84. The van der Waals surface area contributed by atoms with E-state index in [2.05, 4.69) is 19.9 Å². The Bertz CT molecular complexity index is 1310. The van der Waals surface area contributed by atoms with Gasteiger partial charge in [0.15, 0.2) is 11.5 Å². The van der Waals surface area contributed by atoms with Gasteiger partial charge in [-0.15, -0.1) is 0 Å². The summed E-state index contributed by atoms with van der Waals surface area (Å²) in [6.07, 6.45) is 8.31. The fraction of sp³-hybridized carbons (Fsp3) is 0.261. The molecule has 0 radical (unpaired) electrons. The number of H-pyrrole nitrogens is 1. The normalized spacial score (nSPS) is 22.6. The first kappa shape index (κ1) is 18.0. The Kier molecular flexibility index (Phi) is 3.83. The molecular formula is C23H19N5O3. The van der Waals surface area contributed by atoms with E-state index in [1.165, 1.54) is 0 Å². The monoisotopic (exact) mass is 413 g/mol. The number of carbonyl (C=O) groups excluding carboxylic acids is 1. The van der Waals surface area contributed by atoms with Crippen molar-refractivity contribution in [3.05, 3.63) is 65.9 Å². The zero-order valence-corrected chi connectivity index (χ0v) is 16.6. The molecule has 3 aromatic heterocycles. The number of pyridine rings is 1. The zero-order chi connectivity index (χ0) is 21.0. The fourth-order valence-electron chi connectivity index (χ4n) is 4.72. The molecule has 154 valence electrons. The molecule has 0 saturated heterocycles. The Labute approximate surface area is 177 Å². The van der Waals surface area contributed by atoms with Gasteiger partial charge in [-0.3, -0.25) is 4.98 Å². The summed E-state index contributed by atoms with van der Waals surface area (Å²) >= 11 is 0. The molecule has 8 nitrogen and oxygen atoms in total. The van der Waals surface area contributed by atoms with Crippen molar-refractivity contribution in [1.29, 1.82) is 0 Å². The van der Waals surface area contributed by atoms with Crippen LogP contribution in [0.3, 0.4) is 0 Å². The van der Waals surface area contributed by atoms with E-state index in [1.54, 1.807) is 48.9 Å². The molecule has 0 unspecified atom stereocenters. The lowest BCUT2D eigenvalue weighted by Gasteiger charge is -2.35. The minimum absolute atomic E-state index is 0.202. The van der Waals surface area contributed by atoms with E-state index < -0.39 is 5.60 Å². The van der Waals surface area contributed by atoms with Crippen molar-refractivity contribution in [3.63, 3.8) is 0 Å². The first-order chi connectivity index (χ1) is 15.1. The van der Waals surface area contributed by atoms with Gasteiger partial charge in [0.2, 0.25) is 0 Å². The number of nitrogens with one attached hydrogen (secondary N) is 1. The van der Waals surface area contributed by atoms with Crippen LogP contribution in [0, 0.1) is 0 Å². The number of aromatic nitrogens is 5. The van der Waals surface area contributed by atoms with Crippen molar-refractivity contribution in [2.75, 3.05) is 0 Å². The standard InChI is InChI=1S/C23H19N5O3/c29-15-3-1-13(2-4-15)19-25-12-18-21(27-19)28-20(26-18)14-5-8-23(9-6-14)17-11-24-10-7-16(17)22(30)31-23/h1-4,7,10-12,14,29H,5-6,8-9H2,(H,25,26,27,28)/t14-,23-. The fourth-order valence-corrected chi connectivity index (χ4v) is 4.72. The molecule has 0 bridgehead atoms. The van der Waals surface area contributed by atoms with Gasteiger partial charge in [0.25, 0.3) is 0 Å². The Hall–Kier alpha value is -3.81. The lowest BCUT2D eigenvalue weighted by Crippen LogP contribution is -2.31. The number of aromatic hydroxyl groups is 1. The minimum Gasteiger partial charge on any atom is -0.508 e. The van der Waals surface area contributed by atoms with Crippen molar-refractivity contribution < 1.29 is 14.6 Å². The second-order valence-electron chi connectivity index (χ2n) is 8.18. The highest BCUT2D eigenvalue weighted by Crippen LogP contribution is 2.49. The van der Waals surface area contributed by atoms with E-state index in [9.17, 15) is 9.90 Å². The van der Waals surface area contributed by atoms with E-state index in [0.717, 1.165) is 48.2 Å². The van der Waals surface area contributed by atoms with Crippen molar-refractivity contribution in [2.45, 2.75) is 37.2 Å². The highest BCUT2D eigenvalue weighted by atomic mass is 16.6. The number of phenols is 1. The third-order valence-corrected chi connectivity index (χ3v) is 6.38. The smallest absolute Gasteiger partial charge is 0.339 e. The van der Waals surface area contributed by atoms with Gasteiger partial charge in [-0.1, -0.05) is 0 Å². The second-order valence-corrected chi connectivity index (χ2v) is 8.18. The molecule has 1 fully saturated rings. The van der Waals surface area contributed by atoms with Crippen molar-refractivity contribution in [2.24, 2.45) is 0 Å². The summed E-state index contributed by atoms with van der Waals surface area (Å²) in [6, 6.07) is 8.52. The summed E-state index contributed by atoms with van der Waals surface area (Å²) in [6.45, 7) is 0. The molecule has 1 aliphatic heterocycles. The molecule has 8 heteroatoms. The second kappa shape index (κ2) is 6.60. The first-order valence-electron chi connectivity index (χ1n) is 10.3. The number of benzene rings is 1. The van der Waals surface area contributed by atoms with Gasteiger partial charge in [-0.25, -0.2) is 19.7 Å². The Balaban J connectivity index is 1.25. The van der Waals surface area contributed by atoms with Crippen molar-refractivity contribution >= 4 is 17.1 Å². The summed E-state index contributed by atoms with van der Waals surface area (Å²) in [7, 11) is 0. The number of imidazole rings is 1. The van der Waals surface area contributed by atoms with Gasteiger partial charge >= 0.3 is 5.97 Å². The van der Waals surface area contributed by atoms with E-state index >= 15 is 0 Å². The topological polar surface area (TPSA) is 114 Å². The summed E-state index contributed by atoms with van der Waals surface area (Å²) in [4.78, 5) is 33.6. The highest BCUT2D eigenvalue weighted by Gasteiger charge is 2.48. The lowest BCUT2D eigenvalue weighted by molar-refractivity contribution is -0.0313. The summed E-state index contributed by atoms with van der Waals surface area (Å²) in [5, 5.41) is 9.48. The van der Waals surface area contributed by atoms with Crippen molar-refractivity contribution in [1.82, 2.24) is 24.9 Å². The van der Waals surface area contributed by atoms with Gasteiger partial charge in [-0.2, -0.15) is 0 Å². The number of phenolic OH excluding ortho intramolecular Hbond substituents is 1. The Morgan fingerprint density at radius 1 is 1.06 bits per heavy atom. The Morgan fingerprint density at radius 2 is 1.87 bits per heavy atom. The van der Waals surface area contributed by atoms with Crippen molar-refractivity contribution in [3.8, 4) is 17.1 Å². The Morgan fingerprint density at radius 3 is 2.68 bits per heavy atom. The molecule has 1 saturated carbocycles. The number of aromatic amines is 1. The number of nitrogens with zero attached hydrogens (tertiary/aromatic N) is 4. The van der Waals surface area contributed by atoms with Crippen LogP contribution in [0.15, 0.2) is 48.9 Å². The molecule has 0 atom stereocenters. The van der Waals surface area contributed by atoms with Crippen LogP contribution in [-0.4, -0.2) is 36.0 Å². The van der Waals surface area contributed by atoms with Crippen LogP contribution >= 0.6 is 0 Å². The summed E-state index contributed by atoms with van der Waals surface area (Å²) < 4.78 is 5.83. The number of rotatable bonds is 2. The molecule has 4 aromatic rings. The van der Waals surface area contributed by atoms with E-state index in [4.69, 9.17) is 9.72 Å². The van der Waals surface area contributed by atoms with E-state index in [-0.39, 0.29) is 17.6 Å². The van der Waals surface area contributed by atoms with E-state index in [1.807, 2.05) is 0 Å². The zero-order valence-electron chi connectivity index (χ0n) is 16.6. The first-order valence-corrected chi connectivity index (χ1v) is 10.3. The van der Waals surface area contributed by atoms with Crippen LogP contribution in [0.1, 0.15) is 53.3 Å². The van der Waals surface area contributed by atoms with Crippen LogP contribution in [0.4, 0.5) is 0 Å². The molecule has 2 aliphatic rings. The lowest BCUT2D eigenvalue weighted by atomic mass is 9.75. The molecular weight excluding hydrogens is 394 g/mol. The molecule has 4 heterocycles. The molecule has 31 heavy (non-hydrogen) atoms. The van der Waals surface area contributed by atoms with Crippen LogP contribution in [0.25, 0.3) is 22.6 Å². The quantitative estimate of drug-likeness (QED) is 0.480. The molecule has 1 aliphatic carbocycles. The average molecular weight is 413 g/mol. The van der Waals surface area contributed by atoms with Gasteiger partial charge in [-0.05, 0) is 56.0 Å². The van der Waals surface area contributed by atoms with Crippen LogP contribution < -0.4 is 0 Å². The summed E-state index contributed by atoms with van der Waals surface area (Å²) in [5.74, 6) is 1.63. The van der Waals surface area contributed by atoms with Gasteiger partial charge in [0.1, 0.15) is 22.7 Å². The number of carbonyl (C=O) groups is 1. The van der Waals surface area contributed by atoms with E-state index in [0.29, 0.717) is 17.0 Å². The maximum Gasteiger partial charge on any atom is 0.339 e. The van der Waals surface area contributed by atoms with Crippen LogP contribution in [-0.2, 0) is 10.3 Å². The number of hydrogen-bond acceptors (Lipinski definition) is 7. The average Bonchev–Trinajstić information content (AvgIpc) is 3.34.